The first-order valence-electron chi connectivity index (χ1n) is 15.9. The topological polar surface area (TPSA) is 86.8 Å². The summed E-state index contributed by atoms with van der Waals surface area (Å²) in [5, 5.41) is 3.03. The molecule has 0 fully saturated rings. The molecular weight excluding hydrogens is 595 g/mol. The molecule has 0 saturated carbocycles. The number of nitrogens with zero attached hydrogens (tertiary/aromatic N) is 2. The summed E-state index contributed by atoms with van der Waals surface area (Å²) in [5.41, 5.74) is 4.21. The number of nitrogens with one attached hydrogen (secondary N) is 1. The summed E-state index contributed by atoms with van der Waals surface area (Å²) in [6.45, 7) is 8.32. The molecule has 0 radical (unpaired) electrons. The lowest BCUT2D eigenvalue weighted by atomic mass is 10.0. The minimum absolute atomic E-state index is 0.0825. The van der Waals surface area contributed by atoms with Gasteiger partial charge in [-0.1, -0.05) is 118 Å². The largest absolute Gasteiger partial charge is 0.354 e. The highest BCUT2D eigenvalue weighted by atomic mass is 32.2. The number of benzene rings is 4. The van der Waals surface area contributed by atoms with Crippen molar-refractivity contribution >= 4 is 27.5 Å². The van der Waals surface area contributed by atoms with Crippen LogP contribution in [0.2, 0.25) is 0 Å². The van der Waals surface area contributed by atoms with E-state index >= 15 is 0 Å². The number of aryl methyl sites for hydroxylation is 1. The van der Waals surface area contributed by atoms with E-state index in [1.54, 1.807) is 35.2 Å². The van der Waals surface area contributed by atoms with Crippen molar-refractivity contribution in [1.82, 2.24) is 10.2 Å². The van der Waals surface area contributed by atoms with Crippen LogP contribution in [0.5, 0.6) is 0 Å². The second-order valence-electron chi connectivity index (χ2n) is 11.9. The fourth-order valence-electron chi connectivity index (χ4n) is 5.34. The lowest BCUT2D eigenvalue weighted by Crippen LogP contribution is -2.53. The van der Waals surface area contributed by atoms with Crippen LogP contribution in [0.15, 0.2) is 114 Å². The molecule has 2 amide bonds. The van der Waals surface area contributed by atoms with Crippen molar-refractivity contribution in [3.8, 4) is 0 Å². The van der Waals surface area contributed by atoms with Gasteiger partial charge in [0.2, 0.25) is 11.8 Å². The lowest BCUT2D eigenvalue weighted by molar-refractivity contribution is -0.140. The first-order chi connectivity index (χ1) is 22.1. The van der Waals surface area contributed by atoms with Crippen molar-refractivity contribution in [3.63, 3.8) is 0 Å². The number of amides is 2. The third kappa shape index (κ3) is 9.07. The Bertz CT molecular complexity index is 1670. The van der Waals surface area contributed by atoms with Crippen LogP contribution in [0.3, 0.4) is 0 Å². The quantitative estimate of drug-likeness (QED) is 0.144. The Balaban J connectivity index is 1.79. The minimum atomic E-state index is -4.13. The average molecular weight is 640 g/mol. The standard InChI is InChI=1S/C38H45N3O4S/c1-5-6-24-39-38(43)36(26-31-15-9-7-10-16-31)40(27-32-17-13-14-30(4)25-32)37(42)28-41(34-22-20-33(21-23-34)29(2)3)46(44,45)35-18-11-8-12-19-35/h7-23,25,29,36H,5-6,24,26-28H2,1-4H3,(H,39,43). The van der Waals surface area contributed by atoms with Crippen molar-refractivity contribution in [2.45, 2.75) is 70.4 Å². The van der Waals surface area contributed by atoms with Crippen LogP contribution in [0, 0.1) is 6.92 Å². The number of unbranched alkanes of at least 4 members (excludes halogenated alkanes) is 1. The molecule has 0 saturated heterocycles. The Hall–Kier alpha value is -4.43. The molecule has 0 heterocycles. The smallest absolute Gasteiger partial charge is 0.264 e. The molecule has 4 aromatic carbocycles. The number of sulfonamides is 1. The van der Waals surface area contributed by atoms with E-state index in [-0.39, 0.29) is 29.7 Å². The third-order valence-corrected chi connectivity index (χ3v) is 9.78. The van der Waals surface area contributed by atoms with Crippen LogP contribution >= 0.6 is 0 Å². The van der Waals surface area contributed by atoms with E-state index in [1.165, 1.54) is 12.1 Å². The predicted octanol–water partition coefficient (Wildman–Crippen LogP) is 6.87. The number of carbonyl (C=O) groups is 2. The summed E-state index contributed by atoms with van der Waals surface area (Å²) < 4.78 is 29.5. The van der Waals surface area contributed by atoms with Crippen molar-refractivity contribution in [2.75, 3.05) is 17.4 Å². The summed E-state index contributed by atoms with van der Waals surface area (Å²) >= 11 is 0. The van der Waals surface area contributed by atoms with Crippen molar-refractivity contribution in [2.24, 2.45) is 0 Å². The van der Waals surface area contributed by atoms with Crippen molar-refractivity contribution < 1.29 is 18.0 Å². The van der Waals surface area contributed by atoms with Gasteiger partial charge in [0.1, 0.15) is 12.6 Å². The van der Waals surface area contributed by atoms with Gasteiger partial charge in [-0.05, 0) is 60.2 Å². The zero-order valence-corrected chi connectivity index (χ0v) is 28.0. The van der Waals surface area contributed by atoms with E-state index in [1.807, 2.05) is 73.7 Å². The van der Waals surface area contributed by atoms with Crippen LogP contribution < -0.4 is 9.62 Å². The van der Waals surface area contributed by atoms with Crippen LogP contribution in [0.1, 0.15) is 61.8 Å². The summed E-state index contributed by atoms with van der Waals surface area (Å²) in [6.07, 6.45) is 2.01. The van der Waals surface area contributed by atoms with Crippen LogP contribution in [0.25, 0.3) is 0 Å². The predicted molar refractivity (Wildman–Crippen MR) is 185 cm³/mol. The molecule has 1 N–H and O–H groups in total. The van der Waals surface area contributed by atoms with Gasteiger partial charge in [-0.2, -0.15) is 0 Å². The van der Waals surface area contributed by atoms with Gasteiger partial charge < -0.3 is 10.2 Å². The van der Waals surface area contributed by atoms with Crippen LogP contribution in [-0.4, -0.2) is 44.3 Å². The Morgan fingerprint density at radius 3 is 2.04 bits per heavy atom. The SMILES string of the molecule is CCCCNC(=O)C(Cc1ccccc1)N(Cc1cccc(C)c1)C(=O)CN(c1ccc(C(C)C)cc1)S(=O)(=O)c1ccccc1. The van der Waals surface area contributed by atoms with E-state index in [9.17, 15) is 18.0 Å². The Morgan fingerprint density at radius 2 is 1.43 bits per heavy atom. The second-order valence-corrected chi connectivity index (χ2v) is 13.8. The molecule has 7 nitrogen and oxygen atoms in total. The molecule has 0 spiro atoms. The molecule has 4 aromatic rings. The average Bonchev–Trinajstić information content (AvgIpc) is 3.06. The molecular formula is C38H45N3O4S. The summed E-state index contributed by atoms with van der Waals surface area (Å²) in [6, 6.07) is 31.9. The van der Waals surface area contributed by atoms with Gasteiger partial charge in [0.15, 0.2) is 0 Å². The molecule has 0 aliphatic rings. The van der Waals surface area contributed by atoms with Gasteiger partial charge >= 0.3 is 0 Å². The monoisotopic (exact) mass is 639 g/mol. The lowest BCUT2D eigenvalue weighted by Gasteiger charge is -2.34. The highest BCUT2D eigenvalue weighted by Crippen LogP contribution is 2.27. The first-order valence-corrected chi connectivity index (χ1v) is 17.4. The number of anilines is 1. The zero-order valence-electron chi connectivity index (χ0n) is 27.2. The highest BCUT2D eigenvalue weighted by Gasteiger charge is 2.34. The van der Waals surface area contributed by atoms with E-state index in [0.29, 0.717) is 12.2 Å². The Labute approximate surface area is 274 Å². The number of rotatable bonds is 15. The highest BCUT2D eigenvalue weighted by molar-refractivity contribution is 7.92. The molecule has 1 atom stereocenters. The normalized spacial score (nSPS) is 12.0. The Kier molecular flexibility index (Phi) is 12.1. The maximum absolute atomic E-state index is 14.6. The molecule has 1 unspecified atom stereocenters. The van der Waals surface area contributed by atoms with Gasteiger partial charge in [-0.3, -0.25) is 13.9 Å². The van der Waals surface area contributed by atoms with E-state index in [2.05, 4.69) is 26.1 Å². The first kappa shape index (κ1) is 34.4. The van der Waals surface area contributed by atoms with Gasteiger partial charge in [-0.25, -0.2) is 8.42 Å². The van der Waals surface area contributed by atoms with E-state index in [0.717, 1.165) is 39.4 Å². The van der Waals surface area contributed by atoms with Crippen molar-refractivity contribution in [3.05, 3.63) is 131 Å². The molecule has 0 aliphatic heterocycles. The van der Waals surface area contributed by atoms with Gasteiger partial charge in [-0.15, -0.1) is 0 Å². The molecule has 46 heavy (non-hydrogen) atoms. The maximum atomic E-state index is 14.6. The molecule has 0 aromatic heterocycles. The van der Waals surface area contributed by atoms with Crippen LogP contribution in [-0.2, 0) is 32.6 Å². The molecule has 8 heteroatoms. The number of hydrogen-bond donors (Lipinski definition) is 1. The molecule has 0 bridgehead atoms. The number of carbonyl (C=O) groups excluding carboxylic acids is 2. The Morgan fingerprint density at radius 1 is 0.804 bits per heavy atom. The number of hydrogen-bond acceptors (Lipinski definition) is 4. The molecule has 242 valence electrons. The van der Waals surface area contributed by atoms with Gasteiger partial charge in [0.25, 0.3) is 10.0 Å². The molecule has 0 aliphatic carbocycles. The van der Waals surface area contributed by atoms with E-state index in [4.69, 9.17) is 0 Å². The summed E-state index contributed by atoms with van der Waals surface area (Å²) in [5.74, 6) is -0.484. The minimum Gasteiger partial charge on any atom is -0.354 e. The van der Waals surface area contributed by atoms with Crippen LogP contribution in [0.4, 0.5) is 5.69 Å². The fraction of sp³-hybridized carbons (Fsp3) is 0.316. The van der Waals surface area contributed by atoms with E-state index < -0.39 is 28.5 Å². The fourth-order valence-corrected chi connectivity index (χ4v) is 6.78. The maximum Gasteiger partial charge on any atom is 0.264 e. The summed E-state index contributed by atoms with van der Waals surface area (Å²) in [7, 11) is -4.13. The zero-order chi connectivity index (χ0) is 33.1. The van der Waals surface area contributed by atoms with Gasteiger partial charge in [0, 0.05) is 19.5 Å². The third-order valence-electron chi connectivity index (χ3n) is 7.99. The van der Waals surface area contributed by atoms with Gasteiger partial charge in [0.05, 0.1) is 10.6 Å². The molecule has 4 rings (SSSR count). The summed E-state index contributed by atoms with van der Waals surface area (Å²) in [4.78, 5) is 30.1. The second kappa shape index (κ2) is 16.2. The van der Waals surface area contributed by atoms with Crippen molar-refractivity contribution in [1.29, 1.82) is 0 Å².